The van der Waals surface area contributed by atoms with Crippen LogP contribution in [0.2, 0.25) is 0 Å². The van der Waals surface area contributed by atoms with Gasteiger partial charge in [-0.1, -0.05) is 6.92 Å². The Morgan fingerprint density at radius 3 is 3.32 bits per heavy atom. The standard InChI is InChI=1S/C13H17N3O2S/c1-2-11-9-15(3-5-18-11)8-10-7-12(17)16-4-6-19-13(16)14-10/h4,6-7,11H,2-3,5,8-9H2,1H3/t11-/m1/s1. The van der Waals surface area contributed by atoms with Crippen LogP contribution in [0.4, 0.5) is 0 Å². The van der Waals surface area contributed by atoms with Gasteiger partial charge in [-0.2, -0.15) is 0 Å². The van der Waals surface area contributed by atoms with Gasteiger partial charge in [0.05, 0.1) is 18.4 Å². The highest BCUT2D eigenvalue weighted by Gasteiger charge is 2.19. The Bertz CT molecular complexity index is 622. The molecule has 3 heterocycles. The molecule has 102 valence electrons. The van der Waals surface area contributed by atoms with Crippen molar-refractivity contribution in [2.45, 2.75) is 26.0 Å². The minimum Gasteiger partial charge on any atom is -0.376 e. The first-order valence-corrected chi connectivity index (χ1v) is 7.44. The minimum atomic E-state index is 0.00144. The molecule has 0 N–H and O–H groups in total. The largest absolute Gasteiger partial charge is 0.376 e. The molecule has 0 amide bonds. The minimum absolute atomic E-state index is 0.00144. The topological polar surface area (TPSA) is 46.8 Å². The third kappa shape index (κ3) is 2.70. The van der Waals surface area contributed by atoms with E-state index in [2.05, 4.69) is 16.8 Å². The van der Waals surface area contributed by atoms with E-state index in [9.17, 15) is 4.79 Å². The quantitative estimate of drug-likeness (QED) is 0.851. The smallest absolute Gasteiger partial charge is 0.258 e. The maximum Gasteiger partial charge on any atom is 0.258 e. The third-order valence-electron chi connectivity index (χ3n) is 3.42. The first-order valence-electron chi connectivity index (χ1n) is 6.56. The van der Waals surface area contributed by atoms with Crippen LogP contribution in [0.25, 0.3) is 4.96 Å². The van der Waals surface area contributed by atoms with Crippen LogP contribution < -0.4 is 5.56 Å². The molecule has 1 fully saturated rings. The van der Waals surface area contributed by atoms with Gasteiger partial charge in [0, 0.05) is 37.3 Å². The fourth-order valence-corrected chi connectivity index (χ4v) is 3.11. The number of aromatic nitrogens is 2. The van der Waals surface area contributed by atoms with Crippen LogP contribution in [-0.4, -0.2) is 40.1 Å². The monoisotopic (exact) mass is 279 g/mol. The fraction of sp³-hybridized carbons (Fsp3) is 0.538. The Morgan fingerprint density at radius 2 is 2.47 bits per heavy atom. The second kappa shape index (κ2) is 5.40. The molecule has 19 heavy (non-hydrogen) atoms. The van der Waals surface area contributed by atoms with Gasteiger partial charge in [0.1, 0.15) is 0 Å². The van der Waals surface area contributed by atoms with E-state index in [-0.39, 0.29) is 5.56 Å². The normalized spacial score (nSPS) is 21.0. The molecule has 0 aromatic carbocycles. The molecule has 2 aromatic rings. The summed E-state index contributed by atoms with van der Waals surface area (Å²) >= 11 is 1.49. The Hall–Kier alpha value is -1.24. The van der Waals surface area contributed by atoms with E-state index in [0.717, 1.165) is 43.3 Å². The molecule has 0 unspecified atom stereocenters. The molecule has 6 heteroatoms. The number of fused-ring (bicyclic) bond motifs is 1. The zero-order valence-electron chi connectivity index (χ0n) is 10.9. The summed E-state index contributed by atoms with van der Waals surface area (Å²) in [6, 6.07) is 1.64. The van der Waals surface area contributed by atoms with Crippen LogP contribution in [-0.2, 0) is 11.3 Å². The van der Waals surface area contributed by atoms with Crippen molar-refractivity contribution in [1.29, 1.82) is 0 Å². The highest BCUT2D eigenvalue weighted by atomic mass is 32.1. The highest BCUT2D eigenvalue weighted by Crippen LogP contribution is 2.12. The number of hydrogen-bond acceptors (Lipinski definition) is 5. The van der Waals surface area contributed by atoms with Crippen molar-refractivity contribution < 1.29 is 4.74 Å². The van der Waals surface area contributed by atoms with Crippen LogP contribution in [0.15, 0.2) is 22.4 Å². The molecule has 0 bridgehead atoms. The molecule has 1 aliphatic heterocycles. The number of nitrogens with zero attached hydrogens (tertiary/aromatic N) is 3. The first kappa shape index (κ1) is 12.8. The van der Waals surface area contributed by atoms with Gasteiger partial charge in [-0.3, -0.25) is 14.1 Å². The van der Waals surface area contributed by atoms with E-state index in [4.69, 9.17) is 4.74 Å². The summed E-state index contributed by atoms with van der Waals surface area (Å²) in [4.78, 5) is 19.5. The van der Waals surface area contributed by atoms with Crippen molar-refractivity contribution in [2.24, 2.45) is 0 Å². The fourth-order valence-electron chi connectivity index (χ4n) is 2.37. The van der Waals surface area contributed by atoms with Gasteiger partial charge >= 0.3 is 0 Å². The molecule has 0 radical (unpaired) electrons. The van der Waals surface area contributed by atoms with Crippen LogP contribution >= 0.6 is 11.3 Å². The molecular weight excluding hydrogens is 262 g/mol. The summed E-state index contributed by atoms with van der Waals surface area (Å²) in [6.07, 6.45) is 3.10. The van der Waals surface area contributed by atoms with Crippen molar-refractivity contribution >= 4 is 16.3 Å². The Labute approximate surface area is 115 Å². The highest BCUT2D eigenvalue weighted by molar-refractivity contribution is 7.15. The van der Waals surface area contributed by atoms with Gasteiger partial charge < -0.3 is 4.74 Å². The summed E-state index contributed by atoms with van der Waals surface area (Å²) in [5, 5.41) is 1.88. The predicted octanol–water partition coefficient (Wildman–Crippen LogP) is 1.37. The van der Waals surface area contributed by atoms with Crippen molar-refractivity contribution in [3.05, 3.63) is 33.7 Å². The maximum absolute atomic E-state index is 11.9. The Morgan fingerprint density at radius 1 is 1.58 bits per heavy atom. The van der Waals surface area contributed by atoms with Crippen molar-refractivity contribution in [3.63, 3.8) is 0 Å². The lowest BCUT2D eigenvalue weighted by atomic mass is 10.2. The van der Waals surface area contributed by atoms with Crippen molar-refractivity contribution in [2.75, 3.05) is 19.7 Å². The van der Waals surface area contributed by atoms with Crippen LogP contribution in [0, 0.1) is 0 Å². The number of thiazole rings is 1. The summed E-state index contributed by atoms with van der Waals surface area (Å²) in [6.45, 7) is 5.45. The summed E-state index contributed by atoms with van der Waals surface area (Å²) < 4.78 is 7.24. The van der Waals surface area contributed by atoms with E-state index >= 15 is 0 Å². The zero-order chi connectivity index (χ0) is 13.2. The average Bonchev–Trinajstić information content (AvgIpc) is 2.88. The van der Waals surface area contributed by atoms with Gasteiger partial charge in [0.2, 0.25) is 0 Å². The number of hydrogen-bond donors (Lipinski definition) is 0. The molecule has 1 aliphatic rings. The number of rotatable bonds is 3. The SMILES string of the molecule is CC[C@@H]1CN(Cc2cc(=O)n3ccsc3n2)CCO1. The zero-order valence-corrected chi connectivity index (χ0v) is 11.7. The first-order chi connectivity index (χ1) is 9.26. The van der Waals surface area contributed by atoms with E-state index in [1.165, 1.54) is 11.3 Å². The van der Waals surface area contributed by atoms with E-state index < -0.39 is 0 Å². The van der Waals surface area contributed by atoms with E-state index in [1.807, 2.05) is 5.38 Å². The Kier molecular flexibility index (Phi) is 3.63. The molecule has 2 aromatic heterocycles. The van der Waals surface area contributed by atoms with Crippen molar-refractivity contribution in [3.8, 4) is 0 Å². The van der Waals surface area contributed by atoms with E-state index in [0.29, 0.717) is 6.10 Å². The van der Waals surface area contributed by atoms with Gasteiger partial charge in [-0.05, 0) is 6.42 Å². The van der Waals surface area contributed by atoms with Crippen LogP contribution in [0.5, 0.6) is 0 Å². The third-order valence-corrected chi connectivity index (χ3v) is 4.18. The summed E-state index contributed by atoms with van der Waals surface area (Å²) in [5.74, 6) is 0. The van der Waals surface area contributed by atoms with Gasteiger partial charge in [0.25, 0.3) is 5.56 Å². The summed E-state index contributed by atoms with van der Waals surface area (Å²) in [5.41, 5.74) is 0.853. The molecule has 0 spiro atoms. The van der Waals surface area contributed by atoms with Crippen molar-refractivity contribution in [1.82, 2.24) is 14.3 Å². The molecule has 1 saturated heterocycles. The molecular formula is C13H17N3O2S. The van der Waals surface area contributed by atoms with E-state index in [1.54, 1.807) is 16.7 Å². The second-order valence-corrected chi connectivity index (χ2v) is 5.65. The lowest BCUT2D eigenvalue weighted by Crippen LogP contribution is -2.41. The molecule has 0 saturated carbocycles. The lowest BCUT2D eigenvalue weighted by Gasteiger charge is -2.32. The summed E-state index contributed by atoms with van der Waals surface area (Å²) in [7, 11) is 0. The van der Waals surface area contributed by atoms with Gasteiger partial charge in [-0.15, -0.1) is 11.3 Å². The second-order valence-electron chi connectivity index (χ2n) is 4.78. The molecule has 1 atom stereocenters. The van der Waals surface area contributed by atoms with Gasteiger partial charge in [0.15, 0.2) is 4.96 Å². The predicted molar refractivity (Wildman–Crippen MR) is 74.6 cm³/mol. The molecule has 5 nitrogen and oxygen atoms in total. The van der Waals surface area contributed by atoms with Crippen LogP contribution in [0.3, 0.4) is 0 Å². The van der Waals surface area contributed by atoms with Gasteiger partial charge in [-0.25, -0.2) is 4.98 Å². The number of ether oxygens (including phenoxy) is 1. The maximum atomic E-state index is 11.9. The lowest BCUT2D eigenvalue weighted by molar-refractivity contribution is -0.0328. The number of morpholine rings is 1. The average molecular weight is 279 g/mol. The molecule has 0 aliphatic carbocycles. The molecule has 3 rings (SSSR count). The Balaban J connectivity index is 1.79. The van der Waals surface area contributed by atoms with Crippen LogP contribution in [0.1, 0.15) is 19.0 Å².